The molecular weight excluding hydrogens is 215 g/mol. The van der Waals surface area contributed by atoms with E-state index in [1.54, 1.807) is 6.07 Å². The van der Waals surface area contributed by atoms with Crippen molar-refractivity contribution < 1.29 is 49.2 Å². The Hall–Kier alpha value is -0.0700. The van der Waals surface area contributed by atoms with E-state index in [1.165, 1.54) is 26.4 Å². The Morgan fingerprint density at radius 1 is 1.21 bits per heavy atom. The van der Waals surface area contributed by atoms with E-state index in [0.717, 1.165) is 0 Å². The van der Waals surface area contributed by atoms with Crippen molar-refractivity contribution in [3.63, 3.8) is 0 Å². The third-order valence-electron chi connectivity index (χ3n) is 1.53. The quantitative estimate of drug-likeness (QED) is 0.498. The number of hydrogen-bond donors (Lipinski definition) is 1. The molecule has 4 nitrogen and oxygen atoms in total. The van der Waals surface area contributed by atoms with Gasteiger partial charge in [0, 0.05) is 6.07 Å². The predicted octanol–water partition coefficient (Wildman–Crippen LogP) is -1.60. The van der Waals surface area contributed by atoms with Crippen molar-refractivity contribution in [2.75, 3.05) is 14.2 Å². The van der Waals surface area contributed by atoms with Crippen LogP contribution in [0.3, 0.4) is 0 Å². The number of methoxy groups -OCH3 is 2. The second kappa shape index (κ2) is 6.42. The topological polar surface area (TPSA) is 55.8 Å². The molecule has 0 aliphatic carbocycles. The van der Waals surface area contributed by atoms with Crippen molar-refractivity contribution >= 4 is 11.1 Å². The SMILES string of the molecule is COc1cc(OC)cc(S(=O)O)c1.[H-].[Na+]. The summed E-state index contributed by atoms with van der Waals surface area (Å²) in [6.07, 6.45) is 0. The van der Waals surface area contributed by atoms with Crippen LogP contribution in [0.15, 0.2) is 23.1 Å². The first-order chi connectivity index (χ1) is 6.17. The van der Waals surface area contributed by atoms with E-state index in [4.69, 9.17) is 14.0 Å². The Balaban J connectivity index is 0. The van der Waals surface area contributed by atoms with Gasteiger partial charge in [-0.2, -0.15) is 0 Å². The molecule has 0 aromatic heterocycles. The van der Waals surface area contributed by atoms with Crippen molar-refractivity contribution in [2.24, 2.45) is 0 Å². The smallest absolute Gasteiger partial charge is 1.00 e. The molecule has 0 amide bonds. The molecule has 1 rings (SSSR count). The van der Waals surface area contributed by atoms with E-state index in [9.17, 15) is 4.21 Å². The molecule has 1 unspecified atom stereocenters. The zero-order valence-corrected chi connectivity index (χ0v) is 11.1. The first kappa shape index (κ1) is 13.9. The summed E-state index contributed by atoms with van der Waals surface area (Å²) in [5, 5.41) is 0. The van der Waals surface area contributed by atoms with Crippen LogP contribution >= 0.6 is 0 Å². The fourth-order valence-corrected chi connectivity index (χ4v) is 1.32. The molecule has 1 aromatic carbocycles. The summed E-state index contributed by atoms with van der Waals surface area (Å²) in [7, 11) is 2.97. The number of benzene rings is 1. The molecule has 1 atom stereocenters. The summed E-state index contributed by atoms with van der Waals surface area (Å²) < 4.78 is 29.4. The van der Waals surface area contributed by atoms with Crippen LogP contribution in [-0.2, 0) is 11.1 Å². The summed E-state index contributed by atoms with van der Waals surface area (Å²) in [6.45, 7) is 0. The summed E-state index contributed by atoms with van der Waals surface area (Å²) in [5.41, 5.74) is 0. The van der Waals surface area contributed by atoms with Gasteiger partial charge in [-0.25, -0.2) is 4.21 Å². The van der Waals surface area contributed by atoms with Gasteiger partial charge in [-0.15, -0.1) is 0 Å². The summed E-state index contributed by atoms with van der Waals surface area (Å²) in [5.74, 6) is 0.994. The molecule has 1 aromatic rings. The second-order valence-corrected chi connectivity index (χ2v) is 3.27. The minimum atomic E-state index is -2.01. The van der Waals surface area contributed by atoms with E-state index in [0.29, 0.717) is 11.5 Å². The van der Waals surface area contributed by atoms with Gasteiger partial charge < -0.3 is 15.5 Å². The van der Waals surface area contributed by atoms with Crippen LogP contribution < -0.4 is 39.0 Å². The van der Waals surface area contributed by atoms with Crippen molar-refractivity contribution in [2.45, 2.75) is 4.90 Å². The molecule has 0 heterocycles. The Kier molecular flexibility index (Phi) is 6.39. The first-order valence-electron chi connectivity index (χ1n) is 3.51. The Morgan fingerprint density at radius 3 is 1.93 bits per heavy atom. The van der Waals surface area contributed by atoms with Crippen LogP contribution in [0.4, 0.5) is 0 Å². The van der Waals surface area contributed by atoms with E-state index in [-0.39, 0.29) is 35.9 Å². The zero-order valence-electron chi connectivity index (χ0n) is 9.31. The van der Waals surface area contributed by atoms with Gasteiger partial charge in [0.15, 0.2) is 11.1 Å². The molecule has 0 saturated carbocycles. The molecule has 0 fully saturated rings. The third-order valence-corrected chi connectivity index (χ3v) is 2.17. The standard InChI is InChI=1S/C8H10O4S.Na.H/c1-11-6-3-7(12-2)5-8(4-6)13(9)10;;/h3-5H,1-2H3,(H,9,10);;/q;+1;-1. The molecule has 0 saturated heterocycles. The Morgan fingerprint density at radius 2 is 1.64 bits per heavy atom. The largest absolute Gasteiger partial charge is 1.00 e. The fraction of sp³-hybridized carbons (Fsp3) is 0.250. The molecule has 0 aliphatic rings. The second-order valence-electron chi connectivity index (χ2n) is 2.30. The van der Waals surface area contributed by atoms with Crippen molar-refractivity contribution in [3.8, 4) is 11.5 Å². The normalized spacial score (nSPS) is 11.4. The maximum absolute atomic E-state index is 10.7. The molecule has 6 heteroatoms. The van der Waals surface area contributed by atoms with Crippen LogP contribution in [0.25, 0.3) is 0 Å². The maximum atomic E-state index is 10.7. The van der Waals surface area contributed by atoms with Gasteiger partial charge in [0.1, 0.15) is 11.5 Å². The van der Waals surface area contributed by atoms with Gasteiger partial charge in [0.2, 0.25) is 0 Å². The van der Waals surface area contributed by atoms with Crippen molar-refractivity contribution in [3.05, 3.63) is 18.2 Å². The molecule has 14 heavy (non-hydrogen) atoms. The van der Waals surface area contributed by atoms with Crippen LogP contribution in [-0.4, -0.2) is 23.0 Å². The van der Waals surface area contributed by atoms with Crippen LogP contribution in [0.2, 0.25) is 0 Å². The first-order valence-corrected chi connectivity index (χ1v) is 4.62. The molecule has 0 aliphatic heterocycles. The van der Waals surface area contributed by atoms with E-state index < -0.39 is 11.1 Å². The van der Waals surface area contributed by atoms with Crippen LogP contribution in [0.1, 0.15) is 1.43 Å². The zero-order chi connectivity index (χ0) is 9.84. The summed E-state index contributed by atoms with van der Waals surface area (Å²) in [6, 6.07) is 4.60. The van der Waals surface area contributed by atoms with Crippen LogP contribution in [0.5, 0.6) is 11.5 Å². The monoisotopic (exact) mass is 226 g/mol. The Bertz CT molecular complexity index is 312. The van der Waals surface area contributed by atoms with E-state index in [2.05, 4.69) is 0 Å². The van der Waals surface area contributed by atoms with Crippen LogP contribution in [0, 0.1) is 0 Å². The van der Waals surface area contributed by atoms with Crippen molar-refractivity contribution in [1.82, 2.24) is 0 Å². The molecule has 0 bridgehead atoms. The Labute approximate surface area is 109 Å². The van der Waals surface area contributed by atoms with Gasteiger partial charge in [0.25, 0.3) is 0 Å². The predicted molar refractivity (Wildman–Crippen MR) is 49.7 cm³/mol. The van der Waals surface area contributed by atoms with Gasteiger partial charge in [-0.05, 0) is 12.1 Å². The average molecular weight is 226 g/mol. The number of rotatable bonds is 3. The molecule has 1 N–H and O–H groups in total. The van der Waals surface area contributed by atoms with E-state index >= 15 is 0 Å². The number of ether oxygens (including phenoxy) is 2. The minimum absolute atomic E-state index is 0. The minimum Gasteiger partial charge on any atom is -1.00 e. The molecule has 0 radical (unpaired) electrons. The molecule has 0 spiro atoms. The molecule has 74 valence electrons. The number of hydrogen-bond acceptors (Lipinski definition) is 3. The summed E-state index contributed by atoms with van der Waals surface area (Å²) in [4.78, 5) is 0.260. The van der Waals surface area contributed by atoms with Gasteiger partial charge >= 0.3 is 29.6 Å². The maximum Gasteiger partial charge on any atom is 1.00 e. The van der Waals surface area contributed by atoms with Crippen molar-refractivity contribution in [1.29, 1.82) is 0 Å². The fourth-order valence-electron chi connectivity index (χ4n) is 0.882. The summed E-state index contributed by atoms with van der Waals surface area (Å²) >= 11 is -2.01. The van der Waals surface area contributed by atoms with Gasteiger partial charge in [-0.1, -0.05) is 0 Å². The average Bonchev–Trinajstić information content (AvgIpc) is 2.16. The molecular formula is C8H11NaO4S. The third kappa shape index (κ3) is 3.59. The van der Waals surface area contributed by atoms with E-state index in [1.807, 2.05) is 0 Å². The van der Waals surface area contributed by atoms with Gasteiger partial charge in [-0.3, -0.25) is 0 Å². The van der Waals surface area contributed by atoms with Gasteiger partial charge in [0.05, 0.1) is 19.1 Å².